The molecule has 3 aromatic carbocycles. The molecule has 0 aliphatic carbocycles. The Balaban J connectivity index is 1.87. The van der Waals surface area contributed by atoms with Gasteiger partial charge in [-0.2, -0.15) is 0 Å². The highest BCUT2D eigenvalue weighted by Crippen LogP contribution is 2.30. The van der Waals surface area contributed by atoms with Crippen LogP contribution in [0, 0.1) is 13.8 Å². The van der Waals surface area contributed by atoms with Gasteiger partial charge in [0.1, 0.15) is 11.4 Å². The number of fused-ring (bicyclic) bond motifs is 1. The number of aromatic nitrogens is 2. The number of hydrogen-bond acceptors (Lipinski definition) is 4. The Labute approximate surface area is 169 Å². The van der Waals surface area contributed by atoms with Crippen LogP contribution in [0.4, 0.5) is 5.69 Å². The fourth-order valence-corrected chi connectivity index (χ4v) is 3.30. The number of benzene rings is 3. The zero-order valence-electron chi connectivity index (χ0n) is 16.6. The lowest BCUT2D eigenvalue weighted by Gasteiger charge is -2.14. The fraction of sp³-hybridized carbons (Fsp3) is 0.125. The summed E-state index contributed by atoms with van der Waals surface area (Å²) in [6, 6.07) is 21.1. The van der Waals surface area contributed by atoms with Crippen molar-refractivity contribution in [2.24, 2.45) is 0 Å². The highest BCUT2D eigenvalue weighted by molar-refractivity contribution is 6.16. The molecule has 5 nitrogen and oxygen atoms in total. The van der Waals surface area contributed by atoms with Crippen molar-refractivity contribution < 1.29 is 9.53 Å². The molecular formula is C24H21N3O2. The molecule has 0 unspecified atom stereocenters. The zero-order chi connectivity index (χ0) is 20.4. The van der Waals surface area contributed by atoms with E-state index in [0.717, 1.165) is 22.1 Å². The third kappa shape index (κ3) is 3.67. The largest absolute Gasteiger partial charge is 0.495 e. The summed E-state index contributed by atoms with van der Waals surface area (Å²) in [5, 5.41) is 12.5. The van der Waals surface area contributed by atoms with Gasteiger partial charge < -0.3 is 10.1 Å². The lowest BCUT2D eigenvalue weighted by atomic mass is 10.0. The summed E-state index contributed by atoms with van der Waals surface area (Å²) < 4.78 is 5.41. The summed E-state index contributed by atoms with van der Waals surface area (Å²) in [5.41, 5.74) is 5.33. The van der Waals surface area contributed by atoms with E-state index in [4.69, 9.17) is 4.74 Å². The molecule has 1 amide bonds. The van der Waals surface area contributed by atoms with Crippen molar-refractivity contribution in [3.05, 3.63) is 83.4 Å². The van der Waals surface area contributed by atoms with Crippen LogP contribution in [0.3, 0.4) is 0 Å². The molecule has 1 aromatic heterocycles. The van der Waals surface area contributed by atoms with E-state index >= 15 is 0 Å². The van der Waals surface area contributed by atoms with Crippen LogP contribution in [-0.4, -0.2) is 23.2 Å². The first-order valence-electron chi connectivity index (χ1n) is 9.35. The number of anilines is 1. The van der Waals surface area contributed by atoms with Crippen molar-refractivity contribution in [3.63, 3.8) is 0 Å². The van der Waals surface area contributed by atoms with Crippen LogP contribution in [-0.2, 0) is 0 Å². The summed E-state index contributed by atoms with van der Waals surface area (Å²) in [6.07, 6.45) is 0. The van der Waals surface area contributed by atoms with Gasteiger partial charge in [0.2, 0.25) is 0 Å². The first-order chi connectivity index (χ1) is 14.1. The number of hydrogen-bond donors (Lipinski definition) is 1. The minimum atomic E-state index is -0.254. The maximum Gasteiger partial charge on any atom is 0.258 e. The Morgan fingerprint density at radius 1 is 0.897 bits per heavy atom. The number of nitrogens with zero attached hydrogens (tertiary/aromatic N) is 2. The molecule has 1 N–H and O–H groups in total. The van der Waals surface area contributed by atoms with Crippen LogP contribution < -0.4 is 10.1 Å². The first-order valence-corrected chi connectivity index (χ1v) is 9.35. The maximum atomic E-state index is 13.4. The first kappa shape index (κ1) is 18.6. The number of amides is 1. The van der Waals surface area contributed by atoms with Gasteiger partial charge in [0.05, 0.1) is 23.9 Å². The lowest BCUT2D eigenvalue weighted by molar-refractivity contribution is 0.102. The van der Waals surface area contributed by atoms with Gasteiger partial charge in [-0.1, -0.05) is 54.1 Å². The molecule has 0 aliphatic rings. The quantitative estimate of drug-likeness (QED) is 0.528. The molecule has 5 heteroatoms. The molecule has 144 valence electrons. The molecule has 0 saturated heterocycles. The topological polar surface area (TPSA) is 64.1 Å². The number of carbonyl (C=O) groups excluding carboxylic acids is 1. The number of methoxy groups -OCH3 is 1. The number of rotatable bonds is 4. The van der Waals surface area contributed by atoms with Gasteiger partial charge in [0, 0.05) is 10.9 Å². The second-order valence-electron chi connectivity index (χ2n) is 6.96. The highest BCUT2D eigenvalue weighted by Gasteiger charge is 2.20. The monoisotopic (exact) mass is 383 g/mol. The standard InChI is InChI=1S/C24H21N3O2/c1-15-8-11-17(12-9-15)23-22(18-6-4-5-7-19(18)26-27-23)24(28)25-20-14-16(2)10-13-21(20)29-3/h4-14H,1-3H3,(H,25,28). The normalized spacial score (nSPS) is 10.7. The van der Waals surface area contributed by atoms with Crippen molar-refractivity contribution in [3.8, 4) is 17.0 Å². The minimum Gasteiger partial charge on any atom is -0.495 e. The summed E-state index contributed by atoms with van der Waals surface area (Å²) in [6.45, 7) is 3.99. The smallest absolute Gasteiger partial charge is 0.258 e. The van der Waals surface area contributed by atoms with Gasteiger partial charge in [-0.25, -0.2) is 0 Å². The molecule has 0 spiro atoms. The van der Waals surface area contributed by atoms with Crippen molar-refractivity contribution in [1.82, 2.24) is 10.2 Å². The Morgan fingerprint density at radius 2 is 1.62 bits per heavy atom. The molecule has 0 bridgehead atoms. The molecule has 0 fully saturated rings. The van der Waals surface area contributed by atoms with Crippen molar-refractivity contribution in [1.29, 1.82) is 0 Å². The summed E-state index contributed by atoms with van der Waals surface area (Å²) in [7, 11) is 1.58. The average molecular weight is 383 g/mol. The molecule has 0 saturated carbocycles. The highest BCUT2D eigenvalue weighted by atomic mass is 16.5. The molecule has 4 rings (SSSR count). The maximum absolute atomic E-state index is 13.4. The van der Waals surface area contributed by atoms with Crippen LogP contribution >= 0.6 is 0 Å². The number of carbonyl (C=O) groups is 1. The Kier molecular flexibility index (Phi) is 4.96. The molecule has 0 aliphatic heterocycles. The van der Waals surface area contributed by atoms with Gasteiger partial charge in [0.15, 0.2) is 0 Å². The van der Waals surface area contributed by atoms with E-state index in [1.165, 1.54) is 0 Å². The second kappa shape index (κ2) is 7.72. The zero-order valence-corrected chi connectivity index (χ0v) is 16.6. The lowest BCUT2D eigenvalue weighted by Crippen LogP contribution is -2.16. The van der Waals surface area contributed by atoms with E-state index in [1.54, 1.807) is 7.11 Å². The van der Waals surface area contributed by atoms with Crippen LogP contribution in [0.25, 0.3) is 22.2 Å². The summed E-state index contributed by atoms with van der Waals surface area (Å²) >= 11 is 0. The Bertz CT molecular complexity index is 1200. The van der Waals surface area contributed by atoms with E-state index in [-0.39, 0.29) is 5.91 Å². The molecular weight excluding hydrogens is 362 g/mol. The van der Waals surface area contributed by atoms with Gasteiger partial charge in [-0.15, -0.1) is 10.2 Å². The van der Waals surface area contributed by atoms with Gasteiger partial charge in [-0.05, 0) is 37.6 Å². The Hall–Kier alpha value is -3.73. The van der Waals surface area contributed by atoms with E-state index in [9.17, 15) is 4.79 Å². The molecule has 0 atom stereocenters. The van der Waals surface area contributed by atoms with Crippen molar-refractivity contribution in [2.75, 3.05) is 12.4 Å². The third-order valence-electron chi connectivity index (χ3n) is 4.82. The average Bonchev–Trinajstić information content (AvgIpc) is 2.73. The van der Waals surface area contributed by atoms with Crippen LogP contribution in [0.1, 0.15) is 21.5 Å². The van der Waals surface area contributed by atoms with E-state index < -0.39 is 0 Å². The van der Waals surface area contributed by atoms with Crippen LogP contribution in [0.15, 0.2) is 66.7 Å². The fourth-order valence-electron chi connectivity index (χ4n) is 3.30. The number of ether oxygens (including phenoxy) is 1. The predicted molar refractivity (Wildman–Crippen MR) is 115 cm³/mol. The minimum absolute atomic E-state index is 0.254. The third-order valence-corrected chi connectivity index (χ3v) is 4.82. The van der Waals surface area contributed by atoms with Crippen LogP contribution in [0.2, 0.25) is 0 Å². The second-order valence-corrected chi connectivity index (χ2v) is 6.96. The molecule has 1 heterocycles. The van der Waals surface area contributed by atoms with Crippen molar-refractivity contribution in [2.45, 2.75) is 13.8 Å². The molecule has 29 heavy (non-hydrogen) atoms. The van der Waals surface area contributed by atoms with Crippen molar-refractivity contribution >= 4 is 22.5 Å². The van der Waals surface area contributed by atoms with Crippen LogP contribution in [0.5, 0.6) is 5.75 Å². The van der Waals surface area contributed by atoms with Gasteiger partial charge in [0.25, 0.3) is 5.91 Å². The van der Waals surface area contributed by atoms with Gasteiger partial charge >= 0.3 is 0 Å². The molecule has 4 aromatic rings. The Morgan fingerprint density at radius 3 is 2.38 bits per heavy atom. The SMILES string of the molecule is COc1ccc(C)cc1NC(=O)c1c(-c2ccc(C)cc2)nnc2ccccc12. The predicted octanol–water partition coefficient (Wildman–Crippen LogP) is 5.17. The summed E-state index contributed by atoms with van der Waals surface area (Å²) in [4.78, 5) is 13.4. The summed E-state index contributed by atoms with van der Waals surface area (Å²) in [5.74, 6) is 0.350. The van der Waals surface area contributed by atoms with E-state index in [0.29, 0.717) is 28.2 Å². The van der Waals surface area contributed by atoms with E-state index in [2.05, 4.69) is 15.5 Å². The van der Waals surface area contributed by atoms with E-state index in [1.807, 2.05) is 80.6 Å². The van der Waals surface area contributed by atoms with Gasteiger partial charge in [-0.3, -0.25) is 4.79 Å². The number of aryl methyl sites for hydroxylation is 2. The number of nitrogens with one attached hydrogen (secondary N) is 1. The molecule has 0 radical (unpaired) electrons.